The number of rotatable bonds is 10. The van der Waals surface area contributed by atoms with E-state index in [1.807, 2.05) is 20.8 Å². The van der Waals surface area contributed by atoms with Crippen LogP contribution in [0, 0.1) is 11.8 Å². The van der Waals surface area contributed by atoms with Crippen LogP contribution in [0.2, 0.25) is 0 Å². The number of carboxylic acid groups (broad SMARTS) is 1. The van der Waals surface area contributed by atoms with Gasteiger partial charge in [0.1, 0.15) is 6.04 Å². The van der Waals surface area contributed by atoms with E-state index in [2.05, 4.69) is 15.3 Å². The summed E-state index contributed by atoms with van der Waals surface area (Å²) in [5.74, 6) is -0.993. The zero-order valence-corrected chi connectivity index (χ0v) is 16.8. The molecule has 1 aromatic heterocycles. The Balaban J connectivity index is 3.01. The Labute approximate surface area is 158 Å². The molecule has 1 aromatic rings. The summed E-state index contributed by atoms with van der Waals surface area (Å²) >= 11 is 1.15. The lowest BCUT2D eigenvalue weighted by atomic mass is 9.98. The molecular formula is C17H27N3O5S. The highest BCUT2D eigenvalue weighted by Gasteiger charge is 2.31. The van der Waals surface area contributed by atoms with E-state index in [0.29, 0.717) is 23.3 Å². The number of carboxylic acids is 1. The molecule has 8 nitrogen and oxygen atoms in total. The van der Waals surface area contributed by atoms with Crippen molar-refractivity contribution in [3.63, 3.8) is 0 Å². The Morgan fingerprint density at radius 2 is 1.73 bits per heavy atom. The van der Waals surface area contributed by atoms with Crippen LogP contribution in [-0.2, 0) is 9.59 Å². The van der Waals surface area contributed by atoms with Gasteiger partial charge in [-0.05, 0) is 11.8 Å². The number of hydrogen-bond acceptors (Lipinski definition) is 7. The molecule has 0 spiro atoms. The normalized spacial score (nSPS) is 14.4. The monoisotopic (exact) mass is 385 g/mol. The van der Waals surface area contributed by atoms with Crippen LogP contribution in [0.15, 0.2) is 11.2 Å². The van der Waals surface area contributed by atoms with Gasteiger partial charge in [0.15, 0.2) is 5.16 Å². The molecular weight excluding hydrogens is 358 g/mol. The van der Waals surface area contributed by atoms with Crippen LogP contribution in [0.1, 0.15) is 34.1 Å². The number of methoxy groups -OCH3 is 2. The SMILES string of the molecule is CCC(C)[C@H](NC(=O)C(Sc1nc(OC)cc(OC)n1)C(C)C)C(=O)O. The first kappa shape index (κ1) is 22.0. The van der Waals surface area contributed by atoms with Crippen molar-refractivity contribution in [2.75, 3.05) is 14.2 Å². The minimum Gasteiger partial charge on any atom is -0.481 e. The molecule has 1 heterocycles. The van der Waals surface area contributed by atoms with E-state index in [1.165, 1.54) is 20.3 Å². The number of hydrogen-bond donors (Lipinski definition) is 2. The Kier molecular flexibility index (Phi) is 8.64. The third kappa shape index (κ3) is 6.05. The molecule has 0 aliphatic rings. The molecule has 0 aliphatic heterocycles. The van der Waals surface area contributed by atoms with E-state index in [-0.39, 0.29) is 17.7 Å². The number of aromatic nitrogens is 2. The second-order valence-corrected chi connectivity index (χ2v) is 7.34. The highest BCUT2D eigenvalue weighted by molar-refractivity contribution is 8.00. The van der Waals surface area contributed by atoms with Crippen molar-refractivity contribution < 1.29 is 24.2 Å². The molecule has 146 valence electrons. The number of carbonyl (C=O) groups is 2. The summed E-state index contributed by atoms with van der Waals surface area (Å²) in [5, 5.41) is 11.8. The first-order valence-electron chi connectivity index (χ1n) is 8.40. The molecule has 0 radical (unpaired) electrons. The second kappa shape index (κ2) is 10.2. The van der Waals surface area contributed by atoms with Crippen LogP contribution in [0.25, 0.3) is 0 Å². The molecule has 0 bridgehead atoms. The first-order chi connectivity index (χ1) is 12.2. The molecule has 2 N–H and O–H groups in total. The molecule has 1 rings (SSSR count). The van der Waals surface area contributed by atoms with Gasteiger partial charge in [0.25, 0.3) is 0 Å². The molecule has 0 aliphatic carbocycles. The predicted octanol–water partition coefficient (Wildman–Crippen LogP) is 2.23. The summed E-state index contributed by atoms with van der Waals surface area (Å²) in [6, 6.07) is 0.605. The Morgan fingerprint density at radius 3 is 2.12 bits per heavy atom. The predicted molar refractivity (Wildman–Crippen MR) is 98.6 cm³/mol. The van der Waals surface area contributed by atoms with Gasteiger partial charge in [0.05, 0.1) is 25.5 Å². The van der Waals surface area contributed by atoms with E-state index in [4.69, 9.17) is 9.47 Å². The molecule has 0 saturated heterocycles. The van der Waals surface area contributed by atoms with Crippen LogP contribution in [0.3, 0.4) is 0 Å². The average Bonchev–Trinajstić information content (AvgIpc) is 2.62. The summed E-state index contributed by atoms with van der Waals surface area (Å²) in [7, 11) is 2.96. The summed E-state index contributed by atoms with van der Waals surface area (Å²) in [6.45, 7) is 7.45. The lowest BCUT2D eigenvalue weighted by molar-refractivity contribution is -0.143. The van der Waals surface area contributed by atoms with E-state index < -0.39 is 17.3 Å². The molecule has 26 heavy (non-hydrogen) atoms. The van der Waals surface area contributed by atoms with E-state index in [9.17, 15) is 14.7 Å². The molecule has 9 heteroatoms. The molecule has 0 saturated carbocycles. The number of aliphatic carboxylic acids is 1. The maximum atomic E-state index is 12.7. The van der Waals surface area contributed by atoms with Crippen molar-refractivity contribution in [3.05, 3.63) is 6.07 Å². The van der Waals surface area contributed by atoms with Gasteiger partial charge in [0, 0.05) is 0 Å². The maximum absolute atomic E-state index is 12.7. The van der Waals surface area contributed by atoms with Gasteiger partial charge in [-0.2, -0.15) is 9.97 Å². The zero-order chi connectivity index (χ0) is 19.9. The summed E-state index contributed by atoms with van der Waals surface area (Å²) in [4.78, 5) is 32.6. The highest BCUT2D eigenvalue weighted by Crippen LogP contribution is 2.29. The van der Waals surface area contributed by atoms with Gasteiger partial charge in [-0.15, -0.1) is 0 Å². The minimum atomic E-state index is -1.04. The van der Waals surface area contributed by atoms with Crippen molar-refractivity contribution in [2.24, 2.45) is 11.8 Å². The van der Waals surface area contributed by atoms with Crippen molar-refractivity contribution in [1.29, 1.82) is 0 Å². The van der Waals surface area contributed by atoms with Crippen LogP contribution >= 0.6 is 11.8 Å². The standard InChI is InChI=1S/C17H27N3O5S/c1-7-10(4)13(16(22)23)20-15(21)14(9(2)3)26-17-18-11(24-5)8-12(19-17)25-6/h8-10,13-14H,7H2,1-6H3,(H,20,21)(H,22,23)/t10?,13-,14?/m0/s1. The second-order valence-electron chi connectivity index (χ2n) is 6.23. The van der Waals surface area contributed by atoms with Crippen molar-refractivity contribution >= 4 is 23.6 Å². The maximum Gasteiger partial charge on any atom is 0.326 e. The van der Waals surface area contributed by atoms with Crippen molar-refractivity contribution in [2.45, 2.75) is 50.6 Å². The topological polar surface area (TPSA) is 111 Å². The quantitative estimate of drug-likeness (QED) is 0.466. The largest absolute Gasteiger partial charge is 0.481 e. The number of carbonyl (C=O) groups excluding carboxylic acids is 1. The van der Waals surface area contributed by atoms with Gasteiger partial charge in [-0.1, -0.05) is 45.9 Å². The molecule has 2 unspecified atom stereocenters. The van der Waals surface area contributed by atoms with Crippen LogP contribution in [0.5, 0.6) is 11.8 Å². The Bertz CT molecular complexity index is 604. The average molecular weight is 385 g/mol. The van der Waals surface area contributed by atoms with Crippen LogP contribution < -0.4 is 14.8 Å². The Morgan fingerprint density at radius 1 is 1.19 bits per heavy atom. The first-order valence-corrected chi connectivity index (χ1v) is 9.28. The highest BCUT2D eigenvalue weighted by atomic mass is 32.2. The van der Waals surface area contributed by atoms with Crippen molar-refractivity contribution in [1.82, 2.24) is 15.3 Å². The molecule has 0 fully saturated rings. The fourth-order valence-corrected chi connectivity index (χ4v) is 3.13. The lowest BCUT2D eigenvalue weighted by Crippen LogP contribution is -2.49. The van der Waals surface area contributed by atoms with Gasteiger partial charge in [-0.25, -0.2) is 4.79 Å². The number of thioether (sulfide) groups is 1. The van der Waals surface area contributed by atoms with Gasteiger partial charge in [0.2, 0.25) is 17.7 Å². The smallest absolute Gasteiger partial charge is 0.326 e. The van der Waals surface area contributed by atoms with E-state index in [1.54, 1.807) is 6.92 Å². The third-order valence-electron chi connectivity index (χ3n) is 3.95. The fraction of sp³-hybridized carbons (Fsp3) is 0.647. The molecule has 1 amide bonds. The van der Waals surface area contributed by atoms with Crippen molar-refractivity contribution in [3.8, 4) is 11.8 Å². The minimum absolute atomic E-state index is 0.0628. The number of nitrogens with one attached hydrogen (secondary N) is 1. The summed E-state index contributed by atoms with van der Waals surface area (Å²) in [6.07, 6.45) is 0.646. The Hall–Kier alpha value is -2.03. The number of amides is 1. The van der Waals surface area contributed by atoms with Gasteiger partial charge >= 0.3 is 5.97 Å². The van der Waals surface area contributed by atoms with Crippen LogP contribution in [-0.4, -0.2) is 52.5 Å². The lowest BCUT2D eigenvalue weighted by Gasteiger charge is -2.25. The van der Waals surface area contributed by atoms with Crippen LogP contribution in [0.4, 0.5) is 0 Å². The fourth-order valence-electron chi connectivity index (χ4n) is 2.17. The zero-order valence-electron chi connectivity index (χ0n) is 16.0. The van der Waals surface area contributed by atoms with E-state index in [0.717, 1.165) is 11.8 Å². The molecule has 3 atom stereocenters. The molecule has 0 aromatic carbocycles. The summed E-state index contributed by atoms with van der Waals surface area (Å²) < 4.78 is 10.2. The number of nitrogens with zero attached hydrogens (tertiary/aromatic N) is 2. The summed E-state index contributed by atoms with van der Waals surface area (Å²) in [5.41, 5.74) is 0. The number of ether oxygens (including phenoxy) is 2. The van der Waals surface area contributed by atoms with E-state index >= 15 is 0 Å². The third-order valence-corrected chi connectivity index (χ3v) is 5.36. The van der Waals surface area contributed by atoms with Gasteiger partial charge in [-0.3, -0.25) is 4.79 Å². The van der Waals surface area contributed by atoms with Gasteiger partial charge < -0.3 is 19.9 Å².